The third-order valence-electron chi connectivity index (χ3n) is 2.68. The van der Waals surface area contributed by atoms with E-state index in [-0.39, 0.29) is 5.91 Å². The van der Waals surface area contributed by atoms with Gasteiger partial charge < -0.3 is 4.74 Å². The van der Waals surface area contributed by atoms with Gasteiger partial charge >= 0.3 is 0 Å². The van der Waals surface area contributed by atoms with Crippen LogP contribution in [-0.2, 0) is 0 Å². The smallest absolute Gasteiger partial charge is 0.271 e. The van der Waals surface area contributed by atoms with Crippen LogP contribution in [0.25, 0.3) is 6.08 Å². The average molecular weight is 281 g/mol. The van der Waals surface area contributed by atoms with E-state index in [1.54, 1.807) is 37.7 Å². The quantitative estimate of drug-likeness (QED) is 0.676. The summed E-state index contributed by atoms with van der Waals surface area (Å²) in [7, 11) is 1.62. The molecule has 1 amide bonds. The van der Waals surface area contributed by atoms with Gasteiger partial charge in [-0.1, -0.05) is 18.2 Å². The third kappa shape index (κ3) is 4.28. The fraction of sp³-hybridized carbons (Fsp3) is 0.0625. The summed E-state index contributed by atoms with van der Waals surface area (Å²) in [5.41, 5.74) is 3.88. The Morgan fingerprint density at radius 3 is 2.76 bits per heavy atom. The summed E-state index contributed by atoms with van der Waals surface area (Å²) in [5.74, 6) is 0.502. The summed E-state index contributed by atoms with van der Waals surface area (Å²) in [6.45, 7) is 0. The van der Waals surface area contributed by atoms with Crippen molar-refractivity contribution in [1.29, 1.82) is 0 Å². The highest BCUT2D eigenvalue weighted by Crippen LogP contribution is 2.18. The van der Waals surface area contributed by atoms with E-state index in [0.29, 0.717) is 5.56 Å². The number of carbonyl (C=O) groups excluding carboxylic acids is 1. The molecule has 21 heavy (non-hydrogen) atoms. The fourth-order valence-electron chi connectivity index (χ4n) is 1.66. The molecule has 1 heterocycles. The van der Waals surface area contributed by atoms with E-state index >= 15 is 0 Å². The van der Waals surface area contributed by atoms with Crippen LogP contribution in [0.1, 0.15) is 15.9 Å². The van der Waals surface area contributed by atoms with Crippen LogP contribution in [-0.4, -0.2) is 24.2 Å². The highest BCUT2D eigenvalue weighted by molar-refractivity contribution is 5.94. The molecule has 0 radical (unpaired) electrons. The van der Waals surface area contributed by atoms with Gasteiger partial charge in [0.25, 0.3) is 5.91 Å². The number of ether oxygens (including phenoxy) is 1. The summed E-state index contributed by atoms with van der Waals surface area (Å²) in [6, 6.07) is 10.9. The standard InChI is InChI=1S/C16H15N3O2/c1-21-15-7-3-2-5-13(15)6-4-10-18-19-16(20)14-8-11-17-12-9-14/h2-12H,1H3,(H,19,20)/b6-4-,18-10?. The molecule has 0 aliphatic heterocycles. The lowest BCUT2D eigenvalue weighted by molar-refractivity contribution is 0.0955. The molecule has 2 rings (SSSR count). The number of pyridine rings is 1. The van der Waals surface area contributed by atoms with Crippen molar-refractivity contribution in [3.05, 3.63) is 66.0 Å². The van der Waals surface area contributed by atoms with Gasteiger partial charge in [-0.3, -0.25) is 9.78 Å². The van der Waals surface area contributed by atoms with Gasteiger partial charge in [-0.15, -0.1) is 0 Å². The fourth-order valence-corrected chi connectivity index (χ4v) is 1.66. The van der Waals surface area contributed by atoms with Crippen LogP contribution in [0, 0.1) is 0 Å². The molecular formula is C16H15N3O2. The van der Waals surface area contributed by atoms with Crippen LogP contribution in [0.3, 0.4) is 0 Å². The maximum absolute atomic E-state index is 11.7. The van der Waals surface area contributed by atoms with Gasteiger partial charge in [0.1, 0.15) is 5.75 Å². The molecule has 0 aliphatic carbocycles. The molecule has 1 N–H and O–H groups in total. The molecule has 0 atom stereocenters. The summed E-state index contributed by atoms with van der Waals surface area (Å²) >= 11 is 0. The molecule has 2 aromatic rings. The van der Waals surface area contributed by atoms with Gasteiger partial charge in [0.05, 0.1) is 7.11 Å². The first-order valence-electron chi connectivity index (χ1n) is 6.34. The Balaban J connectivity index is 1.91. The van der Waals surface area contributed by atoms with Crippen LogP contribution in [0.15, 0.2) is 60.0 Å². The number of nitrogens with one attached hydrogen (secondary N) is 1. The number of aromatic nitrogens is 1. The lowest BCUT2D eigenvalue weighted by Crippen LogP contribution is -2.17. The van der Waals surface area contributed by atoms with Crippen molar-refractivity contribution in [2.45, 2.75) is 0 Å². The molecule has 0 saturated carbocycles. The highest BCUT2D eigenvalue weighted by atomic mass is 16.5. The second-order valence-electron chi connectivity index (χ2n) is 4.06. The van der Waals surface area contributed by atoms with Gasteiger partial charge in [0, 0.05) is 29.7 Å². The number of nitrogens with zero attached hydrogens (tertiary/aromatic N) is 2. The average Bonchev–Trinajstić information content (AvgIpc) is 2.55. The number of methoxy groups -OCH3 is 1. The normalized spacial score (nSPS) is 10.9. The summed E-state index contributed by atoms with van der Waals surface area (Å²) in [4.78, 5) is 15.5. The van der Waals surface area contributed by atoms with Crippen LogP contribution in [0.4, 0.5) is 0 Å². The van der Waals surface area contributed by atoms with E-state index in [1.165, 1.54) is 6.21 Å². The maximum Gasteiger partial charge on any atom is 0.271 e. The summed E-state index contributed by atoms with van der Waals surface area (Å²) in [6.07, 6.45) is 8.19. The van der Waals surface area contributed by atoms with Crippen molar-refractivity contribution >= 4 is 18.2 Å². The van der Waals surface area contributed by atoms with Crippen molar-refractivity contribution in [2.24, 2.45) is 5.10 Å². The van der Waals surface area contributed by atoms with Crippen molar-refractivity contribution in [3.63, 3.8) is 0 Å². The predicted octanol–water partition coefficient (Wildman–Crippen LogP) is 2.52. The minimum Gasteiger partial charge on any atom is -0.496 e. The number of benzene rings is 1. The number of hydrogen-bond acceptors (Lipinski definition) is 4. The Kier molecular flexibility index (Phi) is 5.23. The van der Waals surface area contributed by atoms with Gasteiger partial charge in [0.15, 0.2) is 0 Å². The monoisotopic (exact) mass is 281 g/mol. The lowest BCUT2D eigenvalue weighted by Gasteiger charge is -2.02. The molecule has 0 spiro atoms. The SMILES string of the molecule is COc1ccccc1/C=C\C=NNC(=O)c1ccncc1. The first-order valence-corrected chi connectivity index (χ1v) is 6.34. The molecule has 0 saturated heterocycles. The van der Waals surface area contributed by atoms with Gasteiger partial charge in [0.2, 0.25) is 0 Å². The Hall–Kier alpha value is -2.95. The topological polar surface area (TPSA) is 63.6 Å². The van der Waals surface area contributed by atoms with E-state index in [1.807, 2.05) is 30.3 Å². The summed E-state index contributed by atoms with van der Waals surface area (Å²) < 4.78 is 5.23. The molecule has 0 aliphatic rings. The number of carbonyl (C=O) groups is 1. The number of rotatable bonds is 5. The molecule has 5 nitrogen and oxygen atoms in total. The van der Waals surface area contributed by atoms with Crippen molar-refractivity contribution in [3.8, 4) is 5.75 Å². The van der Waals surface area contributed by atoms with E-state index in [0.717, 1.165) is 11.3 Å². The molecule has 0 unspecified atom stereocenters. The van der Waals surface area contributed by atoms with Crippen molar-refractivity contribution in [2.75, 3.05) is 7.11 Å². The zero-order valence-electron chi connectivity index (χ0n) is 11.6. The van der Waals surface area contributed by atoms with Gasteiger partial charge in [-0.05, 0) is 30.4 Å². The van der Waals surface area contributed by atoms with Crippen LogP contribution in [0.5, 0.6) is 5.75 Å². The van der Waals surface area contributed by atoms with E-state index in [9.17, 15) is 4.79 Å². The predicted molar refractivity (Wildman–Crippen MR) is 82.2 cm³/mol. The first-order chi connectivity index (χ1) is 10.3. The number of hydrazone groups is 1. The summed E-state index contributed by atoms with van der Waals surface area (Å²) in [5, 5.41) is 3.85. The van der Waals surface area contributed by atoms with Crippen LogP contribution in [0.2, 0.25) is 0 Å². The van der Waals surface area contributed by atoms with Gasteiger partial charge in [-0.25, -0.2) is 5.43 Å². The first kappa shape index (κ1) is 14.5. The number of amides is 1. The van der Waals surface area contributed by atoms with Crippen LogP contribution >= 0.6 is 0 Å². The van der Waals surface area contributed by atoms with E-state index in [4.69, 9.17) is 4.74 Å². The van der Waals surface area contributed by atoms with Gasteiger partial charge in [-0.2, -0.15) is 5.10 Å². The molecule has 0 fully saturated rings. The number of para-hydroxylation sites is 1. The molecule has 5 heteroatoms. The molecule has 1 aromatic heterocycles. The Morgan fingerprint density at radius 2 is 2.00 bits per heavy atom. The van der Waals surface area contributed by atoms with E-state index in [2.05, 4.69) is 15.5 Å². The number of allylic oxidation sites excluding steroid dienone is 1. The third-order valence-corrected chi connectivity index (χ3v) is 2.68. The second-order valence-corrected chi connectivity index (χ2v) is 4.06. The largest absolute Gasteiger partial charge is 0.496 e. The van der Waals surface area contributed by atoms with Crippen molar-refractivity contribution in [1.82, 2.24) is 10.4 Å². The zero-order chi connectivity index (χ0) is 14.9. The minimum absolute atomic E-state index is 0.278. The highest BCUT2D eigenvalue weighted by Gasteiger charge is 2.01. The Morgan fingerprint density at radius 1 is 1.24 bits per heavy atom. The molecule has 0 bridgehead atoms. The Labute approximate surface area is 123 Å². The number of hydrogen-bond donors (Lipinski definition) is 1. The second kappa shape index (κ2) is 7.59. The molecule has 1 aromatic carbocycles. The maximum atomic E-state index is 11.7. The zero-order valence-corrected chi connectivity index (χ0v) is 11.6. The van der Waals surface area contributed by atoms with E-state index < -0.39 is 0 Å². The lowest BCUT2D eigenvalue weighted by atomic mass is 10.2. The van der Waals surface area contributed by atoms with Crippen LogP contribution < -0.4 is 10.2 Å². The minimum atomic E-state index is -0.278. The molecular weight excluding hydrogens is 266 g/mol. The Bertz CT molecular complexity index is 652. The van der Waals surface area contributed by atoms with Crippen molar-refractivity contribution < 1.29 is 9.53 Å². The molecule has 106 valence electrons.